The summed E-state index contributed by atoms with van der Waals surface area (Å²) in [5.41, 5.74) is 2.88. The predicted molar refractivity (Wildman–Crippen MR) is 122 cm³/mol. The number of ether oxygens (including phenoxy) is 3. The molecular formula is C25H28N2O7. The second-order valence-electron chi connectivity index (χ2n) is 8.06. The van der Waals surface area contributed by atoms with E-state index < -0.39 is 18.0 Å². The van der Waals surface area contributed by atoms with Crippen molar-refractivity contribution in [3.63, 3.8) is 0 Å². The van der Waals surface area contributed by atoms with Crippen LogP contribution in [0.25, 0.3) is 10.9 Å². The molecule has 1 N–H and O–H groups in total. The molecule has 1 aliphatic heterocycles. The number of esters is 2. The number of rotatable bonds is 8. The molecule has 0 fully saturated rings. The summed E-state index contributed by atoms with van der Waals surface area (Å²) in [5, 5.41) is 1.03. The van der Waals surface area contributed by atoms with Gasteiger partial charge in [-0.2, -0.15) is 0 Å². The summed E-state index contributed by atoms with van der Waals surface area (Å²) in [7, 11) is 1.63. The molecule has 0 saturated heterocycles. The van der Waals surface area contributed by atoms with Crippen molar-refractivity contribution in [2.75, 3.05) is 20.3 Å². The number of amides is 1. The highest BCUT2D eigenvalue weighted by molar-refractivity contribution is 5.88. The molecule has 9 heteroatoms. The number of hydrogen-bond donors (Lipinski definition) is 1. The van der Waals surface area contributed by atoms with E-state index in [4.69, 9.17) is 18.6 Å². The van der Waals surface area contributed by atoms with Crippen molar-refractivity contribution in [3.8, 4) is 5.75 Å². The van der Waals surface area contributed by atoms with Crippen molar-refractivity contribution < 1.29 is 33.0 Å². The third-order valence-electron chi connectivity index (χ3n) is 5.87. The number of hydrogen-bond acceptors (Lipinski definition) is 7. The molecule has 3 heterocycles. The van der Waals surface area contributed by atoms with Crippen LogP contribution in [0, 0.1) is 0 Å². The standard InChI is InChI=1S/C25H28N2O7/c1-4-32-23(30)10-9-22(29)27-12-11-18-19-13-16(31-3)5-7-20(19)26-24(18)25(27)21-8-6-17(34-21)14-33-15(2)28/h5-8,13,25-26H,4,9-12,14H2,1-3H3/t25-/m1/s1. The average molecular weight is 469 g/mol. The summed E-state index contributed by atoms with van der Waals surface area (Å²) in [5.74, 6) is 0.807. The fraction of sp³-hybridized carbons (Fsp3) is 0.400. The van der Waals surface area contributed by atoms with E-state index in [0.29, 0.717) is 24.5 Å². The molecule has 0 radical (unpaired) electrons. The van der Waals surface area contributed by atoms with Gasteiger partial charge in [0.15, 0.2) is 0 Å². The van der Waals surface area contributed by atoms with Gasteiger partial charge in [0.25, 0.3) is 0 Å². The van der Waals surface area contributed by atoms with Crippen LogP contribution in [0.3, 0.4) is 0 Å². The van der Waals surface area contributed by atoms with Crippen LogP contribution in [0.15, 0.2) is 34.7 Å². The Morgan fingerprint density at radius 2 is 1.97 bits per heavy atom. The van der Waals surface area contributed by atoms with Crippen molar-refractivity contribution in [3.05, 3.63) is 53.1 Å². The van der Waals surface area contributed by atoms with E-state index in [9.17, 15) is 14.4 Å². The summed E-state index contributed by atoms with van der Waals surface area (Å²) in [6, 6.07) is 8.82. The lowest BCUT2D eigenvalue weighted by Gasteiger charge is -2.34. The van der Waals surface area contributed by atoms with E-state index in [-0.39, 0.29) is 32.0 Å². The Bertz CT molecular complexity index is 1210. The Morgan fingerprint density at radius 3 is 2.71 bits per heavy atom. The molecule has 3 aromatic rings. The molecule has 2 aromatic heterocycles. The predicted octanol–water partition coefficient (Wildman–Crippen LogP) is 3.65. The number of H-pyrrole nitrogens is 1. The zero-order valence-electron chi connectivity index (χ0n) is 19.5. The number of fused-ring (bicyclic) bond motifs is 3. The maximum Gasteiger partial charge on any atom is 0.306 e. The lowest BCUT2D eigenvalue weighted by Crippen LogP contribution is -2.40. The number of aromatic nitrogens is 1. The summed E-state index contributed by atoms with van der Waals surface area (Å²) >= 11 is 0. The zero-order chi connectivity index (χ0) is 24.2. The number of methoxy groups -OCH3 is 1. The Morgan fingerprint density at radius 1 is 1.15 bits per heavy atom. The van der Waals surface area contributed by atoms with Crippen molar-refractivity contribution in [2.45, 2.75) is 45.8 Å². The molecule has 1 atom stereocenters. The van der Waals surface area contributed by atoms with E-state index in [1.54, 1.807) is 31.1 Å². The minimum Gasteiger partial charge on any atom is -0.497 e. The van der Waals surface area contributed by atoms with E-state index >= 15 is 0 Å². The molecule has 0 unspecified atom stereocenters. The van der Waals surface area contributed by atoms with Gasteiger partial charge in [0.05, 0.1) is 25.8 Å². The van der Waals surface area contributed by atoms with Gasteiger partial charge in [-0.25, -0.2) is 0 Å². The van der Waals surface area contributed by atoms with Crippen LogP contribution in [0.2, 0.25) is 0 Å². The second kappa shape index (κ2) is 10.0. The lowest BCUT2D eigenvalue weighted by molar-refractivity contribution is -0.146. The van der Waals surface area contributed by atoms with E-state index in [1.807, 2.05) is 18.2 Å². The number of carbonyl (C=O) groups excluding carboxylic acids is 3. The molecule has 0 aliphatic carbocycles. The summed E-state index contributed by atoms with van der Waals surface area (Å²) in [4.78, 5) is 41.4. The smallest absolute Gasteiger partial charge is 0.306 e. The van der Waals surface area contributed by atoms with Gasteiger partial charge in [-0.15, -0.1) is 0 Å². The first-order valence-corrected chi connectivity index (χ1v) is 11.3. The number of furan rings is 1. The molecule has 1 amide bonds. The fourth-order valence-corrected chi connectivity index (χ4v) is 4.34. The average Bonchev–Trinajstić information content (AvgIpc) is 3.44. The van der Waals surface area contributed by atoms with Crippen molar-refractivity contribution >= 4 is 28.7 Å². The Hall–Kier alpha value is -3.75. The van der Waals surface area contributed by atoms with Crippen LogP contribution in [-0.2, 0) is 36.9 Å². The number of aromatic amines is 1. The first-order valence-electron chi connectivity index (χ1n) is 11.3. The highest BCUT2D eigenvalue weighted by atomic mass is 16.5. The van der Waals surface area contributed by atoms with Gasteiger partial charge in [0.1, 0.15) is 29.9 Å². The molecule has 180 valence electrons. The van der Waals surface area contributed by atoms with Crippen molar-refractivity contribution in [1.29, 1.82) is 0 Å². The lowest BCUT2D eigenvalue weighted by atomic mass is 9.95. The quantitative estimate of drug-likeness (QED) is 0.502. The van der Waals surface area contributed by atoms with E-state index in [2.05, 4.69) is 4.98 Å². The number of carbonyl (C=O) groups is 3. The van der Waals surface area contributed by atoms with Gasteiger partial charge in [-0.05, 0) is 49.2 Å². The molecule has 0 spiro atoms. The molecule has 9 nitrogen and oxygen atoms in total. The summed E-state index contributed by atoms with van der Waals surface area (Å²) in [6.45, 7) is 3.81. The van der Waals surface area contributed by atoms with Gasteiger partial charge < -0.3 is 28.5 Å². The Kier molecular flexibility index (Phi) is 6.90. The monoisotopic (exact) mass is 468 g/mol. The van der Waals surface area contributed by atoms with Crippen LogP contribution in [0.4, 0.5) is 0 Å². The van der Waals surface area contributed by atoms with Gasteiger partial charge in [0.2, 0.25) is 5.91 Å². The van der Waals surface area contributed by atoms with Gasteiger partial charge in [0, 0.05) is 30.8 Å². The third-order valence-corrected chi connectivity index (χ3v) is 5.87. The maximum absolute atomic E-state index is 13.2. The number of benzene rings is 1. The highest BCUT2D eigenvalue weighted by Gasteiger charge is 2.36. The highest BCUT2D eigenvalue weighted by Crippen LogP contribution is 2.40. The maximum atomic E-state index is 13.2. The van der Waals surface area contributed by atoms with Crippen LogP contribution >= 0.6 is 0 Å². The number of nitrogens with zero attached hydrogens (tertiary/aromatic N) is 1. The Balaban J connectivity index is 1.69. The van der Waals surface area contributed by atoms with Gasteiger partial charge >= 0.3 is 11.9 Å². The first-order chi connectivity index (χ1) is 16.4. The molecule has 34 heavy (non-hydrogen) atoms. The van der Waals surface area contributed by atoms with Crippen LogP contribution < -0.4 is 4.74 Å². The Labute approximate surface area is 196 Å². The zero-order valence-corrected chi connectivity index (χ0v) is 19.5. The summed E-state index contributed by atoms with van der Waals surface area (Å²) in [6.07, 6.45) is 0.702. The van der Waals surface area contributed by atoms with Crippen molar-refractivity contribution in [1.82, 2.24) is 9.88 Å². The first kappa shape index (κ1) is 23.4. The third kappa shape index (κ3) is 4.78. The largest absolute Gasteiger partial charge is 0.497 e. The molecule has 4 rings (SSSR count). The molecule has 0 bridgehead atoms. The van der Waals surface area contributed by atoms with Gasteiger partial charge in [-0.3, -0.25) is 14.4 Å². The normalized spacial score (nSPS) is 15.1. The van der Waals surface area contributed by atoms with Crippen LogP contribution in [0.5, 0.6) is 5.75 Å². The topological polar surface area (TPSA) is 111 Å². The van der Waals surface area contributed by atoms with Crippen LogP contribution in [0.1, 0.15) is 55.5 Å². The molecular weight excluding hydrogens is 440 g/mol. The molecule has 1 aromatic carbocycles. The molecule has 1 aliphatic rings. The minimum absolute atomic E-state index is 0.00954. The van der Waals surface area contributed by atoms with Gasteiger partial charge in [-0.1, -0.05) is 0 Å². The molecule has 0 saturated carbocycles. The van der Waals surface area contributed by atoms with Crippen molar-refractivity contribution in [2.24, 2.45) is 0 Å². The minimum atomic E-state index is -0.511. The summed E-state index contributed by atoms with van der Waals surface area (Å²) < 4.78 is 21.4. The second-order valence-corrected chi connectivity index (χ2v) is 8.06. The SMILES string of the molecule is CCOC(=O)CCC(=O)N1CCc2c([nH]c3ccc(OC)cc23)[C@H]1c1ccc(COC(C)=O)o1. The number of nitrogens with one attached hydrogen (secondary N) is 1. The van der Waals surface area contributed by atoms with E-state index in [0.717, 1.165) is 27.9 Å². The van der Waals surface area contributed by atoms with E-state index in [1.165, 1.54) is 6.92 Å². The fourth-order valence-electron chi connectivity index (χ4n) is 4.34. The van der Waals surface area contributed by atoms with Crippen LogP contribution in [-0.4, -0.2) is 48.0 Å².